The molecule has 2 aromatic carbocycles. The molecule has 0 aromatic heterocycles. The summed E-state index contributed by atoms with van der Waals surface area (Å²) in [5, 5.41) is 11.5. The molecule has 1 aliphatic heterocycles. The molecule has 7 heteroatoms. The van der Waals surface area contributed by atoms with E-state index in [0.29, 0.717) is 25.1 Å². The van der Waals surface area contributed by atoms with E-state index in [9.17, 15) is 14.4 Å². The third kappa shape index (κ3) is 5.08. The second-order valence-corrected chi connectivity index (χ2v) is 6.90. The number of nitrogens with one attached hydrogen (secondary N) is 2. The van der Waals surface area contributed by atoms with Gasteiger partial charge in [0.1, 0.15) is 5.70 Å². The SMILES string of the molecule is CC(=O)N/C(=C\c1ccccc1)C(=O)N1CCCc2cc(C(=O)NO)ccc2C1. The molecule has 0 saturated heterocycles. The molecular formula is C22H23N3O4. The van der Waals surface area contributed by atoms with Crippen molar-refractivity contribution in [3.05, 3.63) is 76.5 Å². The fourth-order valence-corrected chi connectivity index (χ4v) is 3.36. The quantitative estimate of drug-likeness (QED) is 0.422. The maximum Gasteiger partial charge on any atom is 0.274 e. The maximum absolute atomic E-state index is 13.2. The van der Waals surface area contributed by atoms with Gasteiger partial charge in [-0.1, -0.05) is 36.4 Å². The van der Waals surface area contributed by atoms with E-state index >= 15 is 0 Å². The van der Waals surface area contributed by atoms with Crippen molar-refractivity contribution in [3.63, 3.8) is 0 Å². The van der Waals surface area contributed by atoms with E-state index in [0.717, 1.165) is 23.1 Å². The lowest BCUT2D eigenvalue weighted by atomic mass is 10.0. The fourth-order valence-electron chi connectivity index (χ4n) is 3.36. The minimum Gasteiger partial charge on any atom is -0.333 e. The van der Waals surface area contributed by atoms with Gasteiger partial charge in [-0.15, -0.1) is 0 Å². The van der Waals surface area contributed by atoms with Gasteiger partial charge in [0.25, 0.3) is 11.8 Å². The number of amides is 3. The van der Waals surface area contributed by atoms with Crippen LogP contribution in [0.1, 0.15) is 40.4 Å². The van der Waals surface area contributed by atoms with Crippen molar-refractivity contribution in [1.29, 1.82) is 0 Å². The number of rotatable bonds is 4. The third-order valence-electron chi connectivity index (χ3n) is 4.74. The predicted octanol–water partition coefficient (Wildman–Crippen LogP) is 2.26. The summed E-state index contributed by atoms with van der Waals surface area (Å²) in [7, 11) is 0. The zero-order chi connectivity index (χ0) is 20.8. The Morgan fingerprint density at radius 2 is 1.83 bits per heavy atom. The summed E-state index contributed by atoms with van der Waals surface area (Å²) in [5.41, 5.74) is 4.95. The summed E-state index contributed by atoms with van der Waals surface area (Å²) in [6.45, 7) is 2.28. The van der Waals surface area contributed by atoms with E-state index < -0.39 is 5.91 Å². The van der Waals surface area contributed by atoms with Gasteiger partial charge in [-0.3, -0.25) is 19.6 Å². The molecule has 0 spiro atoms. The van der Waals surface area contributed by atoms with Crippen molar-refractivity contribution >= 4 is 23.8 Å². The number of nitrogens with zero attached hydrogens (tertiary/aromatic N) is 1. The summed E-state index contributed by atoms with van der Waals surface area (Å²) in [6.07, 6.45) is 3.11. The standard InChI is InChI=1S/C22H23N3O4/c1-15(26)23-20(12-16-6-3-2-4-7-16)22(28)25-11-5-8-17-13-18(21(27)24-29)9-10-19(17)14-25/h2-4,6-7,9-10,12-13,29H,5,8,11,14H2,1H3,(H,23,26)(H,24,27)/b20-12-. The number of aryl methyl sites for hydroxylation is 1. The molecule has 2 aromatic rings. The number of hydrogen-bond acceptors (Lipinski definition) is 4. The summed E-state index contributed by atoms with van der Waals surface area (Å²) >= 11 is 0. The van der Waals surface area contributed by atoms with Gasteiger partial charge in [0, 0.05) is 25.6 Å². The highest BCUT2D eigenvalue weighted by molar-refractivity contribution is 6.01. The molecule has 3 rings (SSSR count). The van der Waals surface area contributed by atoms with Gasteiger partial charge >= 0.3 is 0 Å². The molecule has 7 nitrogen and oxygen atoms in total. The number of hydrogen-bond donors (Lipinski definition) is 3. The highest BCUT2D eigenvalue weighted by Gasteiger charge is 2.23. The lowest BCUT2D eigenvalue weighted by molar-refractivity contribution is -0.129. The zero-order valence-electron chi connectivity index (χ0n) is 16.1. The van der Waals surface area contributed by atoms with Crippen LogP contribution in [0.3, 0.4) is 0 Å². The molecule has 3 N–H and O–H groups in total. The Morgan fingerprint density at radius 3 is 2.52 bits per heavy atom. The second-order valence-electron chi connectivity index (χ2n) is 6.90. The van der Waals surface area contributed by atoms with Crippen LogP contribution in [-0.2, 0) is 22.6 Å². The lowest BCUT2D eigenvalue weighted by Crippen LogP contribution is -2.37. The molecular weight excluding hydrogens is 370 g/mol. The smallest absolute Gasteiger partial charge is 0.274 e. The van der Waals surface area contributed by atoms with E-state index in [1.807, 2.05) is 30.3 Å². The minimum atomic E-state index is -0.566. The summed E-state index contributed by atoms with van der Waals surface area (Å²) in [6, 6.07) is 14.5. The van der Waals surface area contributed by atoms with Crippen LogP contribution in [0.25, 0.3) is 6.08 Å². The number of carbonyl (C=O) groups is 3. The number of benzene rings is 2. The van der Waals surface area contributed by atoms with Crippen molar-refractivity contribution in [2.45, 2.75) is 26.3 Å². The minimum absolute atomic E-state index is 0.225. The van der Waals surface area contributed by atoms with Gasteiger partial charge in [0.2, 0.25) is 5.91 Å². The molecule has 1 aliphatic rings. The van der Waals surface area contributed by atoms with Crippen molar-refractivity contribution in [1.82, 2.24) is 15.7 Å². The Bertz CT molecular complexity index is 954. The van der Waals surface area contributed by atoms with Crippen molar-refractivity contribution < 1.29 is 19.6 Å². The number of fused-ring (bicyclic) bond motifs is 1. The van der Waals surface area contributed by atoms with Gasteiger partial charge < -0.3 is 10.2 Å². The molecule has 0 radical (unpaired) electrons. The maximum atomic E-state index is 13.2. The third-order valence-corrected chi connectivity index (χ3v) is 4.74. The van der Waals surface area contributed by atoms with Crippen molar-refractivity contribution in [2.75, 3.05) is 6.54 Å². The molecule has 29 heavy (non-hydrogen) atoms. The van der Waals surface area contributed by atoms with Crippen LogP contribution >= 0.6 is 0 Å². The first-order valence-corrected chi connectivity index (χ1v) is 9.38. The second kappa shape index (κ2) is 9.16. The Labute approximate surface area is 169 Å². The number of hydroxylamine groups is 1. The first kappa shape index (κ1) is 20.3. The number of carbonyl (C=O) groups excluding carboxylic acids is 3. The Kier molecular flexibility index (Phi) is 6.41. The summed E-state index contributed by atoms with van der Waals surface area (Å²) < 4.78 is 0. The van der Waals surface area contributed by atoms with Crippen LogP contribution in [0.15, 0.2) is 54.2 Å². The topological polar surface area (TPSA) is 98.7 Å². The average Bonchev–Trinajstić information content (AvgIpc) is 2.94. The van der Waals surface area contributed by atoms with E-state index in [4.69, 9.17) is 5.21 Å². The Morgan fingerprint density at radius 1 is 1.07 bits per heavy atom. The molecule has 3 amide bonds. The van der Waals surface area contributed by atoms with E-state index in [2.05, 4.69) is 5.32 Å². The molecule has 0 saturated carbocycles. The van der Waals surface area contributed by atoms with Crippen LogP contribution in [-0.4, -0.2) is 34.4 Å². The fraction of sp³-hybridized carbons (Fsp3) is 0.227. The summed E-state index contributed by atoms with van der Waals surface area (Å²) in [4.78, 5) is 38.2. The van der Waals surface area contributed by atoms with E-state index in [-0.39, 0.29) is 17.5 Å². The van der Waals surface area contributed by atoms with Crippen LogP contribution in [0.5, 0.6) is 0 Å². The average molecular weight is 393 g/mol. The highest BCUT2D eigenvalue weighted by atomic mass is 16.5. The molecule has 150 valence electrons. The van der Waals surface area contributed by atoms with Gasteiger partial charge in [0.15, 0.2) is 0 Å². The van der Waals surface area contributed by atoms with E-state index in [1.54, 1.807) is 34.7 Å². The van der Waals surface area contributed by atoms with Gasteiger partial charge in [-0.05, 0) is 47.7 Å². The molecule has 0 aliphatic carbocycles. The normalized spacial score (nSPS) is 13.9. The van der Waals surface area contributed by atoms with Crippen LogP contribution < -0.4 is 10.8 Å². The van der Waals surface area contributed by atoms with E-state index in [1.165, 1.54) is 6.92 Å². The first-order valence-electron chi connectivity index (χ1n) is 9.38. The zero-order valence-corrected chi connectivity index (χ0v) is 16.1. The monoisotopic (exact) mass is 393 g/mol. The van der Waals surface area contributed by atoms with Crippen LogP contribution in [0.4, 0.5) is 0 Å². The molecule has 0 unspecified atom stereocenters. The van der Waals surface area contributed by atoms with Crippen molar-refractivity contribution in [2.24, 2.45) is 0 Å². The van der Waals surface area contributed by atoms with Crippen LogP contribution in [0, 0.1) is 0 Å². The molecule has 0 atom stereocenters. The largest absolute Gasteiger partial charge is 0.333 e. The van der Waals surface area contributed by atoms with Crippen LogP contribution in [0.2, 0.25) is 0 Å². The molecule has 1 heterocycles. The Balaban J connectivity index is 1.86. The van der Waals surface area contributed by atoms with Crippen molar-refractivity contribution in [3.8, 4) is 0 Å². The summed E-state index contributed by atoms with van der Waals surface area (Å²) in [5.74, 6) is -1.13. The molecule has 0 bridgehead atoms. The van der Waals surface area contributed by atoms with Gasteiger partial charge in [-0.2, -0.15) is 0 Å². The van der Waals surface area contributed by atoms with Gasteiger partial charge in [0.05, 0.1) is 0 Å². The first-order chi connectivity index (χ1) is 14.0. The highest BCUT2D eigenvalue weighted by Crippen LogP contribution is 2.22. The Hall–Kier alpha value is -3.45. The molecule has 0 fully saturated rings. The predicted molar refractivity (Wildman–Crippen MR) is 108 cm³/mol. The van der Waals surface area contributed by atoms with Gasteiger partial charge in [-0.25, -0.2) is 5.48 Å². The lowest BCUT2D eigenvalue weighted by Gasteiger charge is -2.22.